The van der Waals surface area contributed by atoms with E-state index in [2.05, 4.69) is 50.9 Å². The van der Waals surface area contributed by atoms with Crippen molar-refractivity contribution in [3.8, 4) is 22.3 Å². The molecule has 1 N–H and O–H groups in total. The number of aryl methyl sites for hydroxylation is 2. The van der Waals surface area contributed by atoms with Gasteiger partial charge in [0.1, 0.15) is 4.47 Å². The first-order chi connectivity index (χ1) is 14.4. The Bertz CT molecular complexity index is 1300. The lowest BCUT2D eigenvalue weighted by atomic mass is 9.91. The Morgan fingerprint density at radius 3 is 2.20 bits per heavy atom. The fraction of sp³-hybridized carbons (Fsp3) is 0.0870. The second kappa shape index (κ2) is 8.08. The normalized spacial score (nSPS) is 11.4. The van der Waals surface area contributed by atoms with Gasteiger partial charge < -0.3 is 4.52 Å². The van der Waals surface area contributed by atoms with Crippen molar-refractivity contribution < 1.29 is 12.9 Å². The predicted octanol–water partition coefficient (Wildman–Crippen LogP) is 6.19. The maximum absolute atomic E-state index is 12.7. The maximum Gasteiger partial charge on any atom is 0.264 e. The second-order valence-corrected chi connectivity index (χ2v) is 9.38. The molecule has 0 spiro atoms. The van der Waals surface area contributed by atoms with Gasteiger partial charge in [-0.1, -0.05) is 65.8 Å². The molecule has 0 fully saturated rings. The third-order valence-electron chi connectivity index (χ3n) is 4.83. The molecular weight excluding hydrogens is 464 g/mol. The van der Waals surface area contributed by atoms with Gasteiger partial charge in [-0.05, 0) is 69.7 Å². The number of rotatable bonds is 5. The van der Waals surface area contributed by atoms with E-state index in [1.807, 2.05) is 42.5 Å². The maximum atomic E-state index is 12.7. The van der Waals surface area contributed by atoms with Crippen LogP contribution < -0.4 is 4.72 Å². The standard InChI is InChI=1S/C23H19BrN2O3S/c1-15-7-6-10-20(21(15)18-8-4-3-5-9-18)17-11-13-19(14-12-17)30(27,28)26-23-22(24)16(2)25-29-23/h3-14,26H,1-2H3. The second-order valence-electron chi connectivity index (χ2n) is 6.90. The van der Waals surface area contributed by atoms with Crippen molar-refractivity contribution in [3.63, 3.8) is 0 Å². The number of nitrogens with zero attached hydrogens (tertiary/aromatic N) is 1. The first kappa shape index (κ1) is 20.4. The van der Waals surface area contributed by atoms with Gasteiger partial charge in [0, 0.05) is 0 Å². The van der Waals surface area contributed by atoms with E-state index in [4.69, 9.17) is 4.52 Å². The molecule has 0 saturated carbocycles. The average Bonchev–Trinajstić information content (AvgIpc) is 3.06. The van der Waals surface area contributed by atoms with Gasteiger partial charge in [0.25, 0.3) is 15.9 Å². The zero-order valence-electron chi connectivity index (χ0n) is 16.4. The summed E-state index contributed by atoms with van der Waals surface area (Å²) < 4.78 is 33.4. The first-order valence-electron chi connectivity index (χ1n) is 9.27. The van der Waals surface area contributed by atoms with Crippen LogP contribution in [0.5, 0.6) is 0 Å². The quantitative estimate of drug-likeness (QED) is 0.368. The van der Waals surface area contributed by atoms with Gasteiger partial charge in [0.15, 0.2) is 0 Å². The van der Waals surface area contributed by atoms with Gasteiger partial charge in [0.05, 0.1) is 10.6 Å². The minimum atomic E-state index is -3.81. The summed E-state index contributed by atoms with van der Waals surface area (Å²) in [6, 6.07) is 23.1. The minimum Gasteiger partial charge on any atom is -0.336 e. The van der Waals surface area contributed by atoms with Crippen molar-refractivity contribution in [2.24, 2.45) is 0 Å². The number of halogens is 1. The average molecular weight is 483 g/mol. The van der Waals surface area contributed by atoms with Crippen molar-refractivity contribution >= 4 is 31.8 Å². The van der Waals surface area contributed by atoms with Crippen LogP contribution in [0.3, 0.4) is 0 Å². The summed E-state index contributed by atoms with van der Waals surface area (Å²) in [4.78, 5) is 0.140. The Kier molecular flexibility index (Phi) is 5.49. The van der Waals surface area contributed by atoms with Crippen LogP contribution in [-0.4, -0.2) is 13.6 Å². The van der Waals surface area contributed by atoms with Crippen LogP contribution in [0.25, 0.3) is 22.3 Å². The van der Waals surface area contributed by atoms with Crippen LogP contribution in [0.2, 0.25) is 0 Å². The van der Waals surface area contributed by atoms with Crippen LogP contribution in [0, 0.1) is 13.8 Å². The molecule has 7 heteroatoms. The molecule has 0 bridgehead atoms. The molecule has 4 aromatic rings. The molecule has 0 radical (unpaired) electrons. The van der Waals surface area contributed by atoms with Crippen molar-refractivity contribution in [3.05, 3.63) is 88.5 Å². The third kappa shape index (κ3) is 3.91. The van der Waals surface area contributed by atoms with E-state index >= 15 is 0 Å². The smallest absolute Gasteiger partial charge is 0.264 e. The predicted molar refractivity (Wildman–Crippen MR) is 122 cm³/mol. The largest absolute Gasteiger partial charge is 0.336 e. The Balaban J connectivity index is 1.70. The van der Waals surface area contributed by atoms with Crippen molar-refractivity contribution in [2.45, 2.75) is 18.7 Å². The number of anilines is 1. The van der Waals surface area contributed by atoms with Gasteiger partial charge in [-0.2, -0.15) is 0 Å². The highest BCUT2D eigenvalue weighted by Crippen LogP contribution is 2.35. The Morgan fingerprint density at radius 1 is 0.867 bits per heavy atom. The van der Waals surface area contributed by atoms with E-state index in [9.17, 15) is 8.42 Å². The number of sulfonamides is 1. The molecule has 30 heavy (non-hydrogen) atoms. The first-order valence-corrected chi connectivity index (χ1v) is 11.5. The van der Waals surface area contributed by atoms with E-state index in [-0.39, 0.29) is 10.8 Å². The molecule has 0 aliphatic heterocycles. The molecule has 0 aliphatic carbocycles. The topological polar surface area (TPSA) is 72.2 Å². The SMILES string of the molecule is Cc1cccc(-c2ccc(S(=O)(=O)Nc3onc(C)c3Br)cc2)c1-c1ccccc1. The summed E-state index contributed by atoms with van der Waals surface area (Å²) in [5.74, 6) is 0.0571. The molecule has 1 aromatic heterocycles. The highest BCUT2D eigenvalue weighted by atomic mass is 79.9. The molecule has 4 rings (SSSR count). The zero-order valence-corrected chi connectivity index (χ0v) is 18.8. The lowest BCUT2D eigenvalue weighted by Crippen LogP contribution is -2.12. The molecule has 0 aliphatic rings. The lowest BCUT2D eigenvalue weighted by molar-refractivity contribution is 0.430. The van der Waals surface area contributed by atoms with Gasteiger partial charge in [-0.15, -0.1) is 0 Å². The van der Waals surface area contributed by atoms with Gasteiger partial charge in [-0.25, -0.2) is 13.1 Å². The van der Waals surface area contributed by atoms with Crippen molar-refractivity contribution in [2.75, 3.05) is 4.72 Å². The third-order valence-corrected chi connectivity index (χ3v) is 7.11. The van der Waals surface area contributed by atoms with Crippen molar-refractivity contribution in [1.82, 2.24) is 5.16 Å². The Morgan fingerprint density at radius 2 is 1.57 bits per heavy atom. The molecular formula is C23H19BrN2O3S. The number of aromatic nitrogens is 1. The summed E-state index contributed by atoms with van der Waals surface area (Å²) in [6.07, 6.45) is 0. The Hall–Kier alpha value is -2.90. The fourth-order valence-corrected chi connectivity index (χ4v) is 4.68. The van der Waals surface area contributed by atoms with Crippen molar-refractivity contribution in [1.29, 1.82) is 0 Å². The lowest BCUT2D eigenvalue weighted by Gasteiger charge is -2.14. The fourth-order valence-electron chi connectivity index (χ4n) is 3.31. The molecule has 1 heterocycles. The van der Waals surface area contributed by atoms with Gasteiger partial charge in [-0.3, -0.25) is 0 Å². The van der Waals surface area contributed by atoms with Gasteiger partial charge >= 0.3 is 0 Å². The van der Waals surface area contributed by atoms with Gasteiger partial charge in [0.2, 0.25) is 0 Å². The van der Waals surface area contributed by atoms with E-state index in [0.29, 0.717) is 10.2 Å². The highest BCUT2D eigenvalue weighted by Gasteiger charge is 2.20. The molecule has 152 valence electrons. The molecule has 0 atom stereocenters. The Labute approximate surface area is 183 Å². The monoisotopic (exact) mass is 482 g/mol. The van der Waals surface area contributed by atoms with Crippen LogP contribution in [0.4, 0.5) is 5.88 Å². The van der Waals surface area contributed by atoms with Crippen LogP contribution in [0.15, 0.2) is 86.7 Å². The van der Waals surface area contributed by atoms with E-state index in [0.717, 1.165) is 27.8 Å². The summed E-state index contributed by atoms with van der Waals surface area (Å²) in [5.41, 5.74) is 5.96. The highest BCUT2D eigenvalue weighted by molar-refractivity contribution is 9.10. The number of hydrogen-bond donors (Lipinski definition) is 1. The van der Waals surface area contributed by atoms with E-state index in [1.54, 1.807) is 19.1 Å². The summed E-state index contributed by atoms with van der Waals surface area (Å²) in [5, 5.41) is 3.75. The molecule has 0 amide bonds. The zero-order chi connectivity index (χ0) is 21.3. The molecule has 0 unspecified atom stereocenters. The summed E-state index contributed by atoms with van der Waals surface area (Å²) in [6.45, 7) is 3.79. The van der Waals surface area contributed by atoms with E-state index in [1.165, 1.54) is 0 Å². The summed E-state index contributed by atoms with van der Waals surface area (Å²) in [7, 11) is -3.81. The minimum absolute atomic E-state index is 0.0571. The van der Waals surface area contributed by atoms with E-state index < -0.39 is 10.0 Å². The summed E-state index contributed by atoms with van der Waals surface area (Å²) >= 11 is 3.27. The van der Waals surface area contributed by atoms with Crippen LogP contribution in [-0.2, 0) is 10.0 Å². The molecule has 3 aromatic carbocycles. The number of benzene rings is 3. The molecule has 5 nitrogen and oxygen atoms in total. The number of nitrogens with one attached hydrogen (secondary N) is 1. The molecule has 0 saturated heterocycles. The number of hydrogen-bond acceptors (Lipinski definition) is 4. The van der Waals surface area contributed by atoms with Crippen LogP contribution in [0.1, 0.15) is 11.3 Å². The van der Waals surface area contributed by atoms with Crippen LogP contribution >= 0.6 is 15.9 Å².